The SMILES string of the molecule is CC[N+]1(CC(O)CSc2ccccc2)CCN(C(=O)Nc2ccccc2)CC1. The van der Waals surface area contributed by atoms with Gasteiger partial charge in [-0.25, -0.2) is 4.79 Å². The fourth-order valence-corrected chi connectivity index (χ4v) is 4.49. The molecular weight excluding hydrogens is 370 g/mol. The second kappa shape index (κ2) is 9.96. The van der Waals surface area contributed by atoms with E-state index in [9.17, 15) is 9.90 Å². The first kappa shape index (κ1) is 20.7. The second-order valence-electron chi connectivity index (χ2n) is 7.35. The summed E-state index contributed by atoms with van der Waals surface area (Å²) in [5.74, 6) is 0.697. The first-order valence-corrected chi connectivity index (χ1v) is 10.9. The van der Waals surface area contributed by atoms with Crippen LogP contribution in [-0.4, -0.2) is 71.6 Å². The average molecular weight is 401 g/mol. The maximum Gasteiger partial charge on any atom is 0.322 e. The number of hydrogen-bond donors (Lipinski definition) is 2. The number of aliphatic hydroxyl groups excluding tert-OH is 1. The van der Waals surface area contributed by atoms with Crippen LogP contribution in [0.25, 0.3) is 0 Å². The first-order valence-electron chi connectivity index (χ1n) is 9.92. The molecule has 2 N–H and O–H groups in total. The number of piperazine rings is 1. The highest BCUT2D eigenvalue weighted by atomic mass is 32.2. The van der Waals surface area contributed by atoms with Crippen molar-refractivity contribution in [2.45, 2.75) is 17.9 Å². The van der Waals surface area contributed by atoms with Crippen LogP contribution in [0.3, 0.4) is 0 Å². The van der Waals surface area contributed by atoms with E-state index in [0.29, 0.717) is 18.8 Å². The van der Waals surface area contributed by atoms with Crippen molar-refractivity contribution in [3.63, 3.8) is 0 Å². The van der Waals surface area contributed by atoms with Crippen molar-refractivity contribution in [3.8, 4) is 0 Å². The quantitative estimate of drug-likeness (QED) is 0.552. The number of thioether (sulfide) groups is 1. The molecule has 1 fully saturated rings. The van der Waals surface area contributed by atoms with Gasteiger partial charge in [-0.2, -0.15) is 0 Å². The normalized spacial score (nSPS) is 17.1. The third-order valence-corrected chi connectivity index (χ3v) is 6.61. The molecule has 1 unspecified atom stereocenters. The molecule has 0 spiro atoms. The fraction of sp³-hybridized carbons (Fsp3) is 0.409. The number of anilines is 1. The highest BCUT2D eigenvalue weighted by molar-refractivity contribution is 7.99. The van der Waals surface area contributed by atoms with Crippen LogP contribution in [0.4, 0.5) is 10.5 Å². The minimum atomic E-state index is -0.352. The summed E-state index contributed by atoms with van der Waals surface area (Å²) in [4.78, 5) is 15.6. The van der Waals surface area contributed by atoms with Crippen LogP contribution in [0.1, 0.15) is 6.92 Å². The van der Waals surface area contributed by atoms with Crippen LogP contribution in [0.5, 0.6) is 0 Å². The summed E-state index contributed by atoms with van der Waals surface area (Å²) >= 11 is 1.70. The molecular formula is C22H30N3O2S+. The number of nitrogens with one attached hydrogen (secondary N) is 1. The standard InChI is InChI=1S/C22H29N3O2S/c1-2-25(17-20(26)18-28-21-11-7-4-8-12-21)15-13-24(14-16-25)22(27)23-19-9-5-3-6-10-19/h3-12,20,26H,2,13-18H2,1H3/p+1. The Balaban J connectivity index is 1.48. The number of rotatable bonds is 7. The number of urea groups is 1. The van der Waals surface area contributed by atoms with E-state index in [1.54, 1.807) is 11.8 Å². The van der Waals surface area contributed by atoms with Gasteiger partial charge in [-0.15, -0.1) is 11.8 Å². The van der Waals surface area contributed by atoms with E-state index < -0.39 is 0 Å². The molecule has 0 saturated carbocycles. The van der Waals surface area contributed by atoms with Crippen molar-refractivity contribution in [2.75, 3.05) is 50.3 Å². The molecule has 3 rings (SSSR count). The van der Waals surface area contributed by atoms with E-state index in [1.165, 1.54) is 4.90 Å². The van der Waals surface area contributed by atoms with Gasteiger partial charge < -0.3 is 19.8 Å². The molecule has 1 saturated heterocycles. The van der Waals surface area contributed by atoms with E-state index in [0.717, 1.165) is 36.3 Å². The molecule has 6 heteroatoms. The Hall–Kier alpha value is -2.02. The summed E-state index contributed by atoms with van der Waals surface area (Å²) in [6.45, 7) is 7.08. The Bertz CT molecular complexity index is 734. The smallest absolute Gasteiger partial charge is 0.322 e. The second-order valence-corrected chi connectivity index (χ2v) is 8.44. The zero-order valence-electron chi connectivity index (χ0n) is 16.5. The Morgan fingerprint density at radius 3 is 2.32 bits per heavy atom. The number of amides is 2. The Morgan fingerprint density at radius 1 is 1.11 bits per heavy atom. The molecule has 2 amide bonds. The van der Waals surface area contributed by atoms with Gasteiger partial charge in [0.05, 0.1) is 32.7 Å². The minimum absolute atomic E-state index is 0.0414. The number of quaternary nitrogens is 1. The topological polar surface area (TPSA) is 52.6 Å². The fourth-order valence-electron chi connectivity index (χ4n) is 3.65. The average Bonchev–Trinajstić information content (AvgIpc) is 2.74. The lowest BCUT2D eigenvalue weighted by Crippen LogP contribution is -2.63. The number of likely N-dealkylation sites (N-methyl/N-ethyl adjacent to an activating group) is 1. The van der Waals surface area contributed by atoms with Gasteiger partial charge in [0.25, 0.3) is 0 Å². The number of para-hydroxylation sites is 1. The Labute approximate surface area is 171 Å². The van der Waals surface area contributed by atoms with Gasteiger partial charge in [-0.05, 0) is 31.2 Å². The lowest BCUT2D eigenvalue weighted by Gasteiger charge is -2.45. The Morgan fingerprint density at radius 2 is 1.71 bits per heavy atom. The molecule has 1 atom stereocenters. The number of benzene rings is 2. The van der Waals surface area contributed by atoms with E-state index >= 15 is 0 Å². The van der Waals surface area contributed by atoms with Crippen LogP contribution in [0.15, 0.2) is 65.6 Å². The van der Waals surface area contributed by atoms with Gasteiger partial charge in [0.1, 0.15) is 12.6 Å². The number of carbonyl (C=O) groups is 1. The van der Waals surface area contributed by atoms with E-state index in [4.69, 9.17) is 0 Å². The van der Waals surface area contributed by atoms with Gasteiger partial charge in [0.2, 0.25) is 0 Å². The van der Waals surface area contributed by atoms with Crippen LogP contribution >= 0.6 is 11.8 Å². The van der Waals surface area contributed by atoms with Crippen molar-refractivity contribution in [1.82, 2.24) is 4.90 Å². The molecule has 0 bridgehead atoms. The lowest BCUT2D eigenvalue weighted by molar-refractivity contribution is -0.932. The van der Waals surface area contributed by atoms with Gasteiger partial charge in [-0.1, -0.05) is 36.4 Å². The summed E-state index contributed by atoms with van der Waals surface area (Å²) < 4.78 is 0.867. The zero-order valence-corrected chi connectivity index (χ0v) is 17.3. The maximum absolute atomic E-state index is 12.5. The number of nitrogens with zero attached hydrogens (tertiary/aromatic N) is 2. The van der Waals surface area contributed by atoms with Gasteiger partial charge >= 0.3 is 6.03 Å². The molecule has 0 radical (unpaired) electrons. The number of hydrogen-bond acceptors (Lipinski definition) is 3. The van der Waals surface area contributed by atoms with Crippen LogP contribution < -0.4 is 5.32 Å². The van der Waals surface area contributed by atoms with Crippen LogP contribution in [-0.2, 0) is 0 Å². The molecule has 28 heavy (non-hydrogen) atoms. The molecule has 0 aromatic heterocycles. The van der Waals surface area contributed by atoms with Crippen LogP contribution in [0.2, 0.25) is 0 Å². The number of aliphatic hydroxyl groups is 1. The highest BCUT2D eigenvalue weighted by Gasteiger charge is 2.35. The van der Waals surface area contributed by atoms with Crippen LogP contribution in [0, 0.1) is 0 Å². The largest absolute Gasteiger partial charge is 0.386 e. The molecule has 2 aromatic carbocycles. The summed E-state index contributed by atoms with van der Waals surface area (Å²) in [6, 6.07) is 19.7. The minimum Gasteiger partial charge on any atom is -0.386 e. The van der Waals surface area contributed by atoms with Crippen molar-refractivity contribution in [3.05, 3.63) is 60.7 Å². The third kappa shape index (κ3) is 5.74. The molecule has 5 nitrogen and oxygen atoms in total. The summed E-state index contributed by atoms with van der Waals surface area (Å²) in [7, 11) is 0. The van der Waals surface area contributed by atoms with Crippen molar-refractivity contribution in [2.24, 2.45) is 0 Å². The van der Waals surface area contributed by atoms with Gasteiger partial charge in [-0.3, -0.25) is 0 Å². The highest BCUT2D eigenvalue weighted by Crippen LogP contribution is 2.21. The monoisotopic (exact) mass is 400 g/mol. The molecule has 1 heterocycles. The predicted octanol–water partition coefficient (Wildman–Crippen LogP) is 3.52. The summed E-state index contributed by atoms with van der Waals surface area (Å²) in [5, 5.41) is 13.6. The van der Waals surface area contributed by atoms with Gasteiger partial charge in [0.15, 0.2) is 0 Å². The molecule has 2 aromatic rings. The van der Waals surface area contributed by atoms with Crippen molar-refractivity contribution in [1.29, 1.82) is 0 Å². The molecule has 150 valence electrons. The molecule has 1 aliphatic heterocycles. The lowest BCUT2D eigenvalue weighted by atomic mass is 10.2. The summed E-state index contributed by atoms with van der Waals surface area (Å²) in [6.07, 6.45) is -0.352. The summed E-state index contributed by atoms with van der Waals surface area (Å²) in [5.41, 5.74) is 0.822. The molecule has 0 aliphatic carbocycles. The third-order valence-electron chi connectivity index (χ3n) is 5.46. The van der Waals surface area contributed by atoms with E-state index in [1.807, 2.05) is 53.4 Å². The van der Waals surface area contributed by atoms with E-state index in [-0.39, 0.29) is 12.1 Å². The van der Waals surface area contributed by atoms with Crippen molar-refractivity contribution < 1.29 is 14.4 Å². The first-order chi connectivity index (χ1) is 13.6. The number of carbonyl (C=O) groups excluding carboxylic acids is 1. The van der Waals surface area contributed by atoms with Gasteiger partial charge in [0, 0.05) is 16.3 Å². The van der Waals surface area contributed by atoms with Crippen molar-refractivity contribution >= 4 is 23.5 Å². The molecule has 1 aliphatic rings. The zero-order chi connectivity index (χ0) is 19.8. The van der Waals surface area contributed by atoms with E-state index in [2.05, 4.69) is 24.4 Å². The predicted molar refractivity (Wildman–Crippen MR) is 116 cm³/mol. The maximum atomic E-state index is 12.5. The Kier molecular flexibility index (Phi) is 7.36.